The molecule has 0 aliphatic rings. The van der Waals surface area contributed by atoms with Gasteiger partial charge in [0, 0.05) is 13.1 Å². The van der Waals surface area contributed by atoms with Crippen molar-refractivity contribution in [3.63, 3.8) is 0 Å². The molecule has 0 rings (SSSR count). The molecule has 3 nitrogen and oxygen atoms in total. The molecule has 0 bridgehead atoms. The third-order valence-corrected chi connectivity index (χ3v) is 3.01. The summed E-state index contributed by atoms with van der Waals surface area (Å²) >= 11 is 0. The van der Waals surface area contributed by atoms with E-state index in [-0.39, 0.29) is 6.09 Å². The number of rotatable bonds is 11. The molecule has 0 atom stereocenters. The third kappa shape index (κ3) is 9.08. The molecule has 0 N–H and O–H groups in total. The van der Waals surface area contributed by atoms with E-state index in [0.717, 1.165) is 25.9 Å². The minimum absolute atomic E-state index is 0.252. The average Bonchev–Trinajstić information content (AvgIpc) is 2.37. The molecule has 0 aliphatic carbocycles. The Morgan fingerprint density at radius 3 is 1.89 bits per heavy atom. The van der Waals surface area contributed by atoms with Crippen molar-refractivity contribution in [2.75, 3.05) is 13.1 Å². The molecule has 18 heavy (non-hydrogen) atoms. The van der Waals surface area contributed by atoms with Crippen molar-refractivity contribution >= 4 is 6.09 Å². The predicted molar refractivity (Wildman–Crippen MR) is 76.5 cm³/mol. The molecule has 0 saturated heterocycles. The minimum Gasteiger partial charge on any atom is -0.419 e. The predicted octanol–water partition coefficient (Wildman–Crippen LogP) is 4.73. The molecule has 106 valence electrons. The van der Waals surface area contributed by atoms with Crippen LogP contribution in [-0.2, 0) is 4.74 Å². The number of carbonyl (C=O) groups excluding carboxylic acids is 1. The Balaban J connectivity index is 3.91. The summed E-state index contributed by atoms with van der Waals surface area (Å²) in [4.78, 5) is 13.5. The molecule has 1 amide bonds. The highest BCUT2D eigenvalue weighted by Gasteiger charge is 2.12. The van der Waals surface area contributed by atoms with Gasteiger partial charge in [-0.1, -0.05) is 59.0 Å². The summed E-state index contributed by atoms with van der Waals surface area (Å²) < 4.78 is 4.87. The van der Waals surface area contributed by atoms with Gasteiger partial charge in [-0.25, -0.2) is 4.79 Å². The summed E-state index contributed by atoms with van der Waals surface area (Å²) in [6.07, 6.45) is 10.4. The highest BCUT2D eigenvalue weighted by molar-refractivity contribution is 5.68. The smallest absolute Gasteiger partial charge is 0.414 e. The van der Waals surface area contributed by atoms with Crippen LogP contribution in [0.15, 0.2) is 12.8 Å². The maximum absolute atomic E-state index is 11.7. The normalized spacial score (nSPS) is 10.1. The molecule has 0 fully saturated rings. The molecule has 0 spiro atoms. The van der Waals surface area contributed by atoms with E-state index in [4.69, 9.17) is 4.74 Å². The number of nitrogens with zero attached hydrogens (tertiary/aromatic N) is 1. The van der Waals surface area contributed by atoms with Crippen molar-refractivity contribution in [3.8, 4) is 0 Å². The van der Waals surface area contributed by atoms with Gasteiger partial charge in [0.1, 0.15) is 0 Å². The van der Waals surface area contributed by atoms with Crippen molar-refractivity contribution in [2.24, 2.45) is 0 Å². The summed E-state index contributed by atoms with van der Waals surface area (Å²) in [5.41, 5.74) is 0. The Hall–Kier alpha value is -0.990. The molecule has 0 unspecified atom stereocenters. The summed E-state index contributed by atoms with van der Waals surface area (Å²) in [7, 11) is 0. The molecule has 0 aromatic rings. The summed E-state index contributed by atoms with van der Waals surface area (Å²) in [5, 5.41) is 0. The Bertz CT molecular complexity index is 205. The lowest BCUT2D eigenvalue weighted by molar-refractivity contribution is 0.135. The van der Waals surface area contributed by atoms with Crippen LogP contribution >= 0.6 is 0 Å². The maximum atomic E-state index is 11.7. The maximum Gasteiger partial charge on any atom is 0.414 e. The molecule has 3 heteroatoms. The number of amides is 1. The molecule has 0 radical (unpaired) electrons. The second-order valence-electron chi connectivity index (χ2n) is 4.66. The molecular formula is C15H29NO2. The van der Waals surface area contributed by atoms with Crippen LogP contribution in [0.5, 0.6) is 0 Å². The molecule has 0 saturated carbocycles. The van der Waals surface area contributed by atoms with Crippen LogP contribution in [0.3, 0.4) is 0 Å². The van der Waals surface area contributed by atoms with Crippen LogP contribution in [0, 0.1) is 0 Å². The fourth-order valence-electron chi connectivity index (χ4n) is 1.90. The first-order chi connectivity index (χ1) is 8.76. The third-order valence-electron chi connectivity index (χ3n) is 3.01. The fourth-order valence-corrected chi connectivity index (χ4v) is 1.90. The van der Waals surface area contributed by atoms with Gasteiger partial charge >= 0.3 is 6.09 Å². The van der Waals surface area contributed by atoms with Crippen molar-refractivity contribution in [1.29, 1.82) is 0 Å². The van der Waals surface area contributed by atoms with E-state index in [2.05, 4.69) is 20.4 Å². The van der Waals surface area contributed by atoms with E-state index >= 15 is 0 Å². The van der Waals surface area contributed by atoms with Gasteiger partial charge in [-0.15, -0.1) is 0 Å². The lowest BCUT2D eigenvalue weighted by Crippen LogP contribution is -2.32. The molecule has 0 aromatic carbocycles. The van der Waals surface area contributed by atoms with Gasteiger partial charge in [0.25, 0.3) is 0 Å². The summed E-state index contributed by atoms with van der Waals surface area (Å²) in [6.45, 7) is 9.42. The number of carbonyl (C=O) groups is 1. The van der Waals surface area contributed by atoms with Crippen molar-refractivity contribution in [3.05, 3.63) is 12.8 Å². The summed E-state index contributed by atoms with van der Waals surface area (Å²) in [5.74, 6) is 0. The number of ether oxygens (including phenoxy) is 1. The number of unbranched alkanes of at least 4 members (excludes halogenated alkanes) is 6. The first-order valence-electron chi connectivity index (χ1n) is 7.32. The first kappa shape index (κ1) is 17.0. The topological polar surface area (TPSA) is 29.5 Å². The standard InChI is InChI=1S/C15H29NO2/c1-4-7-9-11-13-16(15(17)18-6-3)14-12-10-8-5-2/h6H,3-5,7-14H2,1-2H3. The minimum atomic E-state index is -0.252. The zero-order valence-corrected chi connectivity index (χ0v) is 12.1. The lowest BCUT2D eigenvalue weighted by atomic mass is 10.2. The zero-order chi connectivity index (χ0) is 13.6. The van der Waals surface area contributed by atoms with E-state index in [1.54, 1.807) is 0 Å². The average molecular weight is 255 g/mol. The van der Waals surface area contributed by atoms with Crippen LogP contribution in [0.2, 0.25) is 0 Å². The second kappa shape index (κ2) is 12.5. The van der Waals surface area contributed by atoms with Crippen LogP contribution < -0.4 is 0 Å². The molecular weight excluding hydrogens is 226 g/mol. The van der Waals surface area contributed by atoms with Crippen molar-refractivity contribution in [1.82, 2.24) is 4.90 Å². The fraction of sp³-hybridized carbons (Fsp3) is 0.800. The monoisotopic (exact) mass is 255 g/mol. The number of hydrogen-bond acceptors (Lipinski definition) is 2. The molecule has 0 aromatic heterocycles. The van der Waals surface area contributed by atoms with Crippen LogP contribution in [-0.4, -0.2) is 24.1 Å². The SMILES string of the molecule is C=COC(=O)N(CCCCCC)CCCCCC. The van der Waals surface area contributed by atoms with E-state index in [0.29, 0.717) is 0 Å². The Kier molecular flexibility index (Phi) is 11.8. The largest absolute Gasteiger partial charge is 0.419 e. The van der Waals surface area contributed by atoms with Gasteiger partial charge in [0.15, 0.2) is 0 Å². The van der Waals surface area contributed by atoms with Gasteiger partial charge in [-0.2, -0.15) is 0 Å². The second-order valence-corrected chi connectivity index (χ2v) is 4.66. The first-order valence-corrected chi connectivity index (χ1v) is 7.32. The van der Waals surface area contributed by atoms with E-state index < -0.39 is 0 Å². The van der Waals surface area contributed by atoms with Gasteiger partial charge in [-0.05, 0) is 12.8 Å². The van der Waals surface area contributed by atoms with Crippen LogP contribution in [0.4, 0.5) is 4.79 Å². The van der Waals surface area contributed by atoms with Crippen LogP contribution in [0.25, 0.3) is 0 Å². The van der Waals surface area contributed by atoms with E-state index in [1.807, 2.05) is 4.90 Å². The Morgan fingerprint density at radius 1 is 1.00 bits per heavy atom. The molecule has 0 heterocycles. The van der Waals surface area contributed by atoms with E-state index in [1.165, 1.54) is 44.8 Å². The highest BCUT2D eigenvalue weighted by atomic mass is 16.5. The van der Waals surface area contributed by atoms with Crippen LogP contribution in [0.1, 0.15) is 65.2 Å². The lowest BCUT2D eigenvalue weighted by Gasteiger charge is -2.21. The zero-order valence-electron chi connectivity index (χ0n) is 12.1. The summed E-state index contributed by atoms with van der Waals surface area (Å²) in [6, 6.07) is 0. The molecule has 0 aliphatic heterocycles. The number of hydrogen-bond donors (Lipinski definition) is 0. The highest BCUT2D eigenvalue weighted by Crippen LogP contribution is 2.07. The quantitative estimate of drug-likeness (QED) is 0.394. The Labute approximate surface area is 112 Å². The Morgan fingerprint density at radius 2 is 1.50 bits per heavy atom. The van der Waals surface area contributed by atoms with Gasteiger partial charge in [-0.3, -0.25) is 0 Å². The van der Waals surface area contributed by atoms with E-state index in [9.17, 15) is 4.79 Å². The van der Waals surface area contributed by atoms with Gasteiger partial charge < -0.3 is 9.64 Å². The van der Waals surface area contributed by atoms with Gasteiger partial charge in [0.2, 0.25) is 0 Å². The van der Waals surface area contributed by atoms with Crippen molar-refractivity contribution in [2.45, 2.75) is 65.2 Å². The van der Waals surface area contributed by atoms with Crippen molar-refractivity contribution < 1.29 is 9.53 Å². The van der Waals surface area contributed by atoms with Gasteiger partial charge in [0.05, 0.1) is 6.26 Å².